The number of nitrogens with zero attached hydrogens (tertiary/aromatic N) is 3. The lowest BCUT2D eigenvalue weighted by atomic mass is 9.99. The quantitative estimate of drug-likeness (QED) is 0.621. The fraction of sp³-hybridized carbons (Fsp3) is 0.571. The Morgan fingerprint density at radius 2 is 2.00 bits per heavy atom. The van der Waals surface area contributed by atoms with Gasteiger partial charge in [0.15, 0.2) is 0 Å². The fourth-order valence-electron chi connectivity index (χ4n) is 2.55. The highest BCUT2D eigenvalue weighted by atomic mass is 16.6. The average molecular weight is 293 g/mol. The second kappa shape index (κ2) is 6.07. The van der Waals surface area contributed by atoms with Gasteiger partial charge in [0.25, 0.3) is 11.2 Å². The predicted molar refractivity (Wildman–Crippen MR) is 77.1 cm³/mol. The number of likely N-dealkylation sites (tertiary alicyclic amines) is 1. The van der Waals surface area contributed by atoms with Gasteiger partial charge in [-0.15, -0.1) is 0 Å². The predicted octanol–water partition coefficient (Wildman–Crippen LogP) is 1.32. The zero-order valence-electron chi connectivity index (χ0n) is 12.2. The lowest BCUT2D eigenvalue weighted by Gasteiger charge is -2.30. The second-order valence-electron chi connectivity index (χ2n) is 5.55. The van der Waals surface area contributed by atoms with Gasteiger partial charge in [-0.2, -0.15) is 0 Å². The van der Waals surface area contributed by atoms with E-state index in [2.05, 4.69) is 6.92 Å². The van der Waals surface area contributed by atoms with E-state index in [-0.39, 0.29) is 23.8 Å². The summed E-state index contributed by atoms with van der Waals surface area (Å²) in [4.78, 5) is 36.2. The normalized spacial score (nSPS) is 16.0. The number of amides is 1. The van der Waals surface area contributed by atoms with Crippen molar-refractivity contribution in [2.24, 2.45) is 5.92 Å². The molecule has 1 fully saturated rings. The number of hydrogen-bond acceptors (Lipinski definition) is 4. The number of carbonyl (C=O) groups excluding carboxylic acids is 1. The molecule has 7 heteroatoms. The molecule has 7 nitrogen and oxygen atoms in total. The fourth-order valence-corrected chi connectivity index (χ4v) is 2.55. The van der Waals surface area contributed by atoms with E-state index in [1.54, 1.807) is 4.90 Å². The molecule has 1 aromatic heterocycles. The Kier molecular flexibility index (Phi) is 4.40. The molecule has 0 unspecified atom stereocenters. The van der Waals surface area contributed by atoms with Crippen LogP contribution in [0.25, 0.3) is 0 Å². The van der Waals surface area contributed by atoms with E-state index in [1.807, 2.05) is 0 Å². The van der Waals surface area contributed by atoms with Crippen LogP contribution in [0.4, 0.5) is 5.69 Å². The average Bonchev–Trinajstić information content (AvgIpc) is 2.43. The van der Waals surface area contributed by atoms with Crippen LogP contribution in [0, 0.1) is 23.0 Å². The van der Waals surface area contributed by atoms with Gasteiger partial charge in [-0.05, 0) is 25.7 Å². The minimum Gasteiger partial charge on any atom is -0.341 e. The Hall–Kier alpha value is -2.18. The van der Waals surface area contributed by atoms with Crippen molar-refractivity contribution in [2.45, 2.75) is 33.2 Å². The largest absolute Gasteiger partial charge is 0.341 e. The van der Waals surface area contributed by atoms with Crippen LogP contribution < -0.4 is 5.56 Å². The molecular weight excluding hydrogens is 274 g/mol. The summed E-state index contributed by atoms with van der Waals surface area (Å²) in [5.41, 5.74) is -0.322. The summed E-state index contributed by atoms with van der Waals surface area (Å²) in [5, 5.41) is 10.9. The van der Waals surface area contributed by atoms with Crippen molar-refractivity contribution < 1.29 is 9.72 Å². The molecule has 0 saturated carbocycles. The molecule has 2 heterocycles. The molecule has 1 saturated heterocycles. The first-order valence-electron chi connectivity index (χ1n) is 7.02. The Morgan fingerprint density at radius 1 is 1.38 bits per heavy atom. The summed E-state index contributed by atoms with van der Waals surface area (Å²) in [6, 6.07) is 2.32. The molecule has 1 aromatic rings. The smallest absolute Gasteiger partial charge is 0.288 e. The van der Waals surface area contributed by atoms with Crippen LogP contribution in [0.1, 0.15) is 25.5 Å². The van der Waals surface area contributed by atoms with Gasteiger partial charge < -0.3 is 4.90 Å². The molecule has 0 atom stereocenters. The van der Waals surface area contributed by atoms with Crippen LogP contribution in [-0.4, -0.2) is 33.4 Å². The van der Waals surface area contributed by atoms with Crippen LogP contribution in [-0.2, 0) is 11.3 Å². The highest BCUT2D eigenvalue weighted by Gasteiger charge is 2.22. The third-order valence-electron chi connectivity index (χ3n) is 4.05. The van der Waals surface area contributed by atoms with Gasteiger partial charge in [-0.3, -0.25) is 24.3 Å². The van der Waals surface area contributed by atoms with Gasteiger partial charge in [0.05, 0.1) is 10.6 Å². The van der Waals surface area contributed by atoms with Gasteiger partial charge in [0.1, 0.15) is 6.54 Å². The number of nitro groups is 1. The highest BCUT2D eigenvalue weighted by Crippen LogP contribution is 2.17. The molecule has 0 radical (unpaired) electrons. The third kappa shape index (κ3) is 3.29. The molecule has 21 heavy (non-hydrogen) atoms. The zero-order valence-corrected chi connectivity index (χ0v) is 12.2. The van der Waals surface area contributed by atoms with Crippen LogP contribution in [0.15, 0.2) is 16.9 Å². The van der Waals surface area contributed by atoms with E-state index in [0.29, 0.717) is 19.0 Å². The summed E-state index contributed by atoms with van der Waals surface area (Å²) < 4.78 is 1.18. The number of piperidine rings is 1. The van der Waals surface area contributed by atoms with Crippen molar-refractivity contribution in [3.8, 4) is 0 Å². The van der Waals surface area contributed by atoms with E-state index >= 15 is 0 Å². The number of carbonyl (C=O) groups is 1. The van der Waals surface area contributed by atoms with E-state index in [1.165, 1.54) is 17.6 Å². The SMILES string of the molecule is Cc1c([N+](=O)[O-])ccc(=O)n1CC(=O)N1CCC(C)CC1. The number of aromatic nitrogens is 1. The van der Waals surface area contributed by atoms with Crippen LogP contribution in [0.3, 0.4) is 0 Å². The van der Waals surface area contributed by atoms with Crippen LogP contribution in [0.2, 0.25) is 0 Å². The molecule has 2 rings (SSSR count). The Morgan fingerprint density at radius 3 is 2.57 bits per heavy atom. The van der Waals surface area contributed by atoms with Crippen molar-refractivity contribution in [2.75, 3.05) is 13.1 Å². The molecule has 114 valence electrons. The zero-order chi connectivity index (χ0) is 15.6. The minimum absolute atomic E-state index is 0.138. The van der Waals surface area contributed by atoms with E-state index in [9.17, 15) is 19.7 Å². The minimum atomic E-state index is -0.543. The van der Waals surface area contributed by atoms with Gasteiger partial charge >= 0.3 is 0 Å². The van der Waals surface area contributed by atoms with Crippen molar-refractivity contribution in [1.29, 1.82) is 0 Å². The summed E-state index contributed by atoms with van der Waals surface area (Å²) in [6.45, 7) is 4.87. The molecular formula is C14H19N3O4. The third-order valence-corrected chi connectivity index (χ3v) is 4.05. The number of hydrogen-bond donors (Lipinski definition) is 0. The molecule has 1 aliphatic rings. The first-order valence-corrected chi connectivity index (χ1v) is 7.02. The highest BCUT2D eigenvalue weighted by molar-refractivity contribution is 5.76. The maximum absolute atomic E-state index is 12.3. The van der Waals surface area contributed by atoms with E-state index in [0.717, 1.165) is 18.9 Å². The number of rotatable bonds is 3. The summed E-state index contributed by atoms with van der Waals surface area (Å²) >= 11 is 0. The van der Waals surface area contributed by atoms with Crippen molar-refractivity contribution in [3.05, 3.63) is 38.3 Å². The van der Waals surface area contributed by atoms with Crippen molar-refractivity contribution >= 4 is 11.6 Å². The lowest BCUT2D eigenvalue weighted by Crippen LogP contribution is -2.41. The Labute approximate surface area is 122 Å². The molecule has 0 bridgehead atoms. The maximum atomic E-state index is 12.3. The van der Waals surface area contributed by atoms with Gasteiger partial charge in [-0.1, -0.05) is 6.92 Å². The molecule has 1 amide bonds. The van der Waals surface area contributed by atoms with Gasteiger partial charge in [0, 0.05) is 25.2 Å². The molecule has 0 spiro atoms. The van der Waals surface area contributed by atoms with Crippen LogP contribution in [0.5, 0.6) is 0 Å². The van der Waals surface area contributed by atoms with Crippen LogP contribution >= 0.6 is 0 Å². The molecule has 0 N–H and O–H groups in total. The van der Waals surface area contributed by atoms with Gasteiger partial charge in [0.2, 0.25) is 5.91 Å². The monoisotopic (exact) mass is 293 g/mol. The topological polar surface area (TPSA) is 85.5 Å². The van der Waals surface area contributed by atoms with Crippen molar-refractivity contribution in [1.82, 2.24) is 9.47 Å². The van der Waals surface area contributed by atoms with E-state index in [4.69, 9.17) is 0 Å². The Balaban J connectivity index is 2.19. The molecule has 0 aromatic carbocycles. The number of pyridine rings is 1. The van der Waals surface area contributed by atoms with E-state index < -0.39 is 10.5 Å². The first-order chi connectivity index (χ1) is 9.90. The standard InChI is InChI=1S/C14H19N3O4/c1-10-5-7-15(8-6-10)14(19)9-16-11(2)12(17(20)21)3-4-13(16)18/h3-4,10H,5-9H2,1-2H3. The molecule has 0 aliphatic carbocycles. The lowest BCUT2D eigenvalue weighted by molar-refractivity contribution is -0.386. The first kappa shape index (κ1) is 15.2. The van der Waals surface area contributed by atoms with Crippen molar-refractivity contribution in [3.63, 3.8) is 0 Å². The summed E-state index contributed by atoms with van der Waals surface area (Å²) in [6.07, 6.45) is 1.91. The summed E-state index contributed by atoms with van der Waals surface area (Å²) in [7, 11) is 0. The summed E-state index contributed by atoms with van der Waals surface area (Å²) in [5.74, 6) is 0.448. The maximum Gasteiger partial charge on any atom is 0.288 e. The second-order valence-corrected chi connectivity index (χ2v) is 5.55. The van der Waals surface area contributed by atoms with Gasteiger partial charge in [-0.25, -0.2) is 0 Å². The molecule has 1 aliphatic heterocycles. The Bertz CT molecular complexity index is 615.